The average Bonchev–Trinajstić information content (AvgIpc) is 3.15. The van der Waals surface area contributed by atoms with Crippen LogP contribution in [-0.4, -0.2) is 54.2 Å². The molecule has 0 fully saturated rings. The Labute approximate surface area is 151 Å². The van der Waals surface area contributed by atoms with E-state index in [2.05, 4.69) is 20.0 Å². The van der Waals surface area contributed by atoms with Gasteiger partial charge < -0.3 is 24.7 Å². The maximum Gasteiger partial charge on any atom is 0.318 e. The second-order valence-electron chi connectivity index (χ2n) is 5.95. The molecule has 2 amide bonds. The summed E-state index contributed by atoms with van der Waals surface area (Å²) in [5.74, 6) is 0.360. The molecule has 1 aromatic carbocycles. The van der Waals surface area contributed by atoms with Gasteiger partial charge in [-0.1, -0.05) is 12.1 Å². The summed E-state index contributed by atoms with van der Waals surface area (Å²) < 4.78 is 9.91. The molecule has 1 aromatic heterocycles. The maximum atomic E-state index is 12.7. The van der Waals surface area contributed by atoms with Crippen molar-refractivity contribution in [2.24, 2.45) is 0 Å². The van der Waals surface area contributed by atoms with Crippen LogP contribution in [0.3, 0.4) is 0 Å². The van der Waals surface area contributed by atoms with Crippen molar-refractivity contribution in [3.8, 4) is 5.75 Å². The van der Waals surface area contributed by atoms with Gasteiger partial charge in [0, 0.05) is 25.2 Å². The largest absolute Gasteiger partial charge is 0.497 e. The van der Waals surface area contributed by atoms with E-state index >= 15 is 0 Å². The van der Waals surface area contributed by atoms with Crippen molar-refractivity contribution in [3.05, 3.63) is 47.5 Å². The zero-order valence-corrected chi connectivity index (χ0v) is 14.8. The number of hydrogen-bond donors (Lipinski definition) is 2. The van der Waals surface area contributed by atoms with Crippen LogP contribution in [0.15, 0.2) is 30.6 Å². The minimum absolute atomic E-state index is 0.133. The van der Waals surface area contributed by atoms with E-state index in [-0.39, 0.29) is 31.0 Å². The Bertz CT molecular complexity index is 789. The number of hydrogen-bond acceptors (Lipinski definition) is 5. The number of aromatic nitrogens is 2. The molecule has 0 saturated heterocycles. The zero-order valence-electron chi connectivity index (χ0n) is 14.8. The second kappa shape index (κ2) is 7.90. The molecule has 0 spiro atoms. The summed E-state index contributed by atoms with van der Waals surface area (Å²) in [7, 11) is 2.93. The van der Waals surface area contributed by atoms with Gasteiger partial charge in [-0.05, 0) is 17.7 Å². The number of fused-ring (bicyclic) bond motifs is 1. The van der Waals surface area contributed by atoms with Gasteiger partial charge >= 0.3 is 12.0 Å². The van der Waals surface area contributed by atoms with Gasteiger partial charge in [-0.15, -0.1) is 0 Å². The van der Waals surface area contributed by atoms with E-state index in [9.17, 15) is 9.59 Å². The molecule has 3 rings (SSSR count). The standard InChI is InChI=1S/C18H22N4O4/c1-25-13-5-3-4-12(10-13)17-16-14(20-11-21-16)7-9-22(17)18(24)19-8-6-15(23)26-2/h3-5,10-11,17H,6-9H2,1-2H3,(H,19,24)(H,20,21). The number of rotatable bonds is 5. The van der Waals surface area contributed by atoms with Crippen LogP contribution in [0.5, 0.6) is 5.75 Å². The summed E-state index contributed by atoms with van der Waals surface area (Å²) in [5.41, 5.74) is 2.77. The highest BCUT2D eigenvalue weighted by molar-refractivity contribution is 5.77. The van der Waals surface area contributed by atoms with Gasteiger partial charge in [-0.2, -0.15) is 0 Å². The van der Waals surface area contributed by atoms with Gasteiger partial charge in [0.2, 0.25) is 0 Å². The van der Waals surface area contributed by atoms with Crippen LogP contribution in [-0.2, 0) is 16.0 Å². The van der Waals surface area contributed by atoms with Crippen molar-refractivity contribution in [2.75, 3.05) is 27.3 Å². The summed E-state index contributed by atoms with van der Waals surface area (Å²) in [5, 5.41) is 2.79. The Hall–Kier alpha value is -3.03. The molecular formula is C18H22N4O4. The lowest BCUT2D eigenvalue weighted by atomic mass is 9.96. The van der Waals surface area contributed by atoms with Gasteiger partial charge in [0.05, 0.1) is 32.7 Å². The first-order valence-corrected chi connectivity index (χ1v) is 8.41. The van der Waals surface area contributed by atoms with Gasteiger partial charge in [-0.3, -0.25) is 4.79 Å². The van der Waals surface area contributed by atoms with Crippen molar-refractivity contribution in [1.29, 1.82) is 0 Å². The van der Waals surface area contributed by atoms with Crippen LogP contribution in [0.1, 0.15) is 29.4 Å². The molecule has 2 N–H and O–H groups in total. The number of H-pyrrole nitrogens is 1. The number of esters is 1. The van der Waals surface area contributed by atoms with Crippen LogP contribution in [0.4, 0.5) is 4.79 Å². The molecule has 1 unspecified atom stereocenters. The first-order chi connectivity index (χ1) is 12.6. The van der Waals surface area contributed by atoms with E-state index in [1.807, 2.05) is 24.3 Å². The molecule has 26 heavy (non-hydrogen) atoms. The van der Waals surface area contributed by atoms with E-state index in [0.717, 1.165) is 22.7 Å². The Morgan fingerprint density at radius 1 is 1.38 bits per heavy atom. The number of imidazole rings is 1. The summed E-state index contributed by atoms with van der Waals surface area (Å²) >= 11 is 0. The highest BCUT2D eigenvalue weighted by atomic mass is 16.5. The van der Waals surface area contributed by atoms with E-state index in [1.165, 1.54) is 7.11 Å². The third-order valence-electron chi connectivity index (χ3n) is 4.43. The van der Waals surface area contributed by atoms with Gasteiger partial charge in [0.1, 0.15) is 11.8 Å². The van der Waals surface area contributed by atoms with E-state index in [4.69, 9.17) is 4.74 Å². The van der Waals surface area contributed by atoms with Crippen molar-refractivity contribution in [3.63, 3.8) is 0 Å². The van der Waals surface area contributed by atoms with Crippen LogP contribution in [0.25, 0.3) is 0 Å². The molecule has 1 aliphatic rings. The summed E-state index contributed by atoms with van der Waals surface area (Å²) in [6.45, 7) is 0.765. The molecule has 0 bridgehead atoms. The molecule has 0 aliphatic carbocycles. The number of nitrogens with zero attached hydrogens (tertiary/aromatic N) is 2. The predicted molar refractivity (Wildman–Crippen MR) is 93.9 cm³/mol. The number of benzene rings is 1. The molecule has 2 aromatic rings. The van der Waals surface area contributed by atoms with Gasteiger partial charge in [0.15, 0.2) is 0 Å². The SMILES string of the molecule is COC(=O)CCNC(=O)N1CCc2[nH]cnc2C1c1cccc(OC)c1. The molecule has 138 valence electrons. The van der Waals surface area contributed by atoms with Gasteiger partial charge in [0.25, 0.3) is 0 Å². The quantitative estimate of drug-likeness (QED) is 0.792. The lowest BCUT2D eigenvalue weighted by molar-refractivity contribution is -0.140. The van der Waals surface area contributed by atoms with Crippen LogP contribution in [0.2, 0.25) is 0 Å². The van der Waals surface area contributed by atoms with Crippen molar-refractivity contribution in [2.45, 2.75) is 18.9 Å². The number of amides is 2. The highest BCUT2D eigenvalue weighted by Gasteiger charge is 2.34. The highest BCUT2D eigenvalue weighted by Crippen LogP contribution is 2.34. The van der Waals surface area contributed by atoms with E-state index < -0.39 is 0 Å². The first-order valence-electron chi connectivity index (χ1n) is 8.41. The minimum atomic E-state index is -0.358. The topological polar surface area (TPSA) is 96.6 Å². The fraction of sp³-hybridized carbons (Fsp3) is 0.389. The average molecular weight is 358 g/mol. The normalized spacial score (nSPS) is 15.9. The molecule has 2 heterocycles. The smallest absolute Gasteiger partial charge is 0.318 e. The third-order valence-corrected chi connectivity index (χ3v) is 4.43. The summed E-state index contributed by atoms with van der Waals surface area (Å²) in [6.07, 6.45) is 2.48. The lowest BCUT2D eigenvalue weighted by Gasteiger charge is -2.35. The van der Waals surface area contributed by atoms with E-state index in [0.29, 0.717) is 13.0 Å². The minimum Gasteiger partial charge on any atom is -0.497 e. The lowest BCUT2D eigenvalue weighted by Crippen LogP contribution is -2.46. The number of aromatic amines is 1. The molecule has 8 heteroatoms. The van der Waals surface area contributed by atoms with Crippen LogP contribution >= 0.6 is 0 Å². The van der Waals surface area contributed by atoms with Crippen LogP contribution < -0.4 is 10.1 Å². The first kappa shape index (κ1) is 17.8. The van der Waals surface area contributed by atoms with Crippen molar-refractivity contribution < 1.29 is 19.1 Å². The predicted octanol–water partition coefficient (Wildman–Crippen LogP) is 1.64. The molecular weight excluding hydrogens is 336 g/mol. The number of methoxy groups -OCH3 is 2. The molecule has 0 saturated carbocycles. The molecule has 0 radical (unpaired) electrons. The van der Waals surface area contributed by atoms with Gasteiger partial charge in [-0.25, -0.2) is 9.78 Å². The third kappa shape index (κ3) is 3.63. The summed E-state index contributed by atoms with van der Waals surface area (Å²) in [4.78, 5) is 33.3. The Morgan fingerprint density at radius 3 is 3.00 bits per heavy atom. The second-order valence-corrected chi connectivity index (χ2v) is 5.95. The fourth-order valence-electron chi connectivity index (χ4n) is 3.12. The number of carbonyl (C=O) groups excluding carboxylic acids is 2. The maximum absolute atomic E-state index is 12.7. The van der Waals surface area contributed by atoms with Crippen molar-refractivity contribution >= 4 is 12.0 Å². The zero-order chi connectivity index (χ0) is 18.5. The number of ether oxygens (including phenoxy) is 2. The van der Waals surface area contributed by atoms with E-state index in [1.54, 1.807) is 18.3 Å². The molecule has 1 aliphatic heterocycles. The number of carbonyl (C=O) groups is 2. The van der Waals surface area contributed by atoms with Crippen molar-refractivity contribution in [1.82, 2.24) is 20.2 Å². The Kier molecular flexibility index (Phi) is 5.40. The Balaban J connectivity index is 1.84. The molecule has 8 nitrogen and oxygen atoms in total. The fourth-order valence-corrected chi connectivity index (χ4v) is 3.12. The summed E-state index contributed by atoms with van der Waals surface area (Å²) in [6, 6.07) is 7.05. The monoisotopic (exact) mass is 358 g/mol. The number of nitrogens with one attached hydrogen (secondary N) is 2. The van der Waals surface area contributed by atoms with Crippen LogP contribution in [0, 0.1) is 0 Å². The Morgan fingerprint density at radius 2 is 2.23 bits per heavy atom. The number of urea groups is 1. The molecule has 1 atom stereocenters.